The second kappa shape index (κ2) is 3.51. The Hall–Kier alpha value is 0.140. The van der Waals surface area contributed by atoms with Crippen LogP contribution >= 0.6 is 0 Å². The van der Waals surface area contributed by atoms with E-state index in [9.17, 15) is 0 Å². The Kier molecular flexibility index (Phi) is 2.89. The molecule has 0 amide bonds. The summed E-state index contributed by atoms with van der Waals surface area (Å²) in [5.74, 6) is 0. The van der Waals surface area contributed by atoms with E-state index in [1.165, 1.54) is 5.56 Å². The molecule has 0 spiro atoms. The monoisotopic (exact) mass is 145 g/mol. The average Bonchev–Trinajstić information content (AvgIpc) is 2.71. The topological polar surface area (TPSA) is 34.5 Å². The molecule has 10 heavy (non-hydrogen) atoms. The minimum Gasteiger partial charge on any atom is -1.00 e. The molecular formula is C7H8NNaO. The van der Waals surface area contributed by atoms with Crippen molar-refractivity contribution in [2.24, 2.45) is 0 Å². The first-order valence-electron chi connectivity index (χ1n) is 2.93. The number of hydrogen-bond acceptors (Lipinski definition) is 2. The Morgan fingerprint density at radius 1 is 1.30 bits per heavy atom. The van der Waals surface area contributed by atoms with Crippen LogP contribution in [-0.4, -0.2) is 0 Å². The van der Waals surface area contributed by atoms with Crippen molar-refractivity contribution in [3.05, 3.63) is 35.9 Å². The van der Waals surface area contributed by atoms with Gasteiger partial charge in [0.25, 0.3) is 0 Å². The number of hydroxylamine groups is 1. The van der Waals surface area contributed by atoms with Crippen molar-refractivity contribution in [2.45, 2.75) is 6.23 Å². The second-order valence-electron chi connectivity index (χ2n) is 2.03. The van der Waals surface area contributed by atoms with Gasteiger partial charge < -0.3 is 1.43 Å². The fourth-order valence-corrected chi connectivity index (χ4v) is 0.798. The third-order valence-electron chi connectivity index (χ3n) is 1.34. The van der Waals surface area contributed by atoms with Crippen molar-refractivity contribution in [3.63, 3.8) is 0 Å². The van der Waals surface area contributed by atoms with Crippen molar-refractivity contribution < 1.29 is 35.8 Å². The van der Waals surface area contributed by atoms with Gasteiger partial charge in [-0.05, 0) is 5.56 Å². The first-order valence-corrected chi connectivity index (χ1v) is 2.93. The van der Waals surface area contributed by atoms with Crippen LogP contribution in [0.5, 0.6) is 0 Å². The maximum Gasteiger partial charge on any atom is 1.00 e. The van der Waals surface area contributed by atoms with Crippen molar-refractivity contribution in [1.82, 2.24) is 5.48 Å². The molecule has 1 aromatic carbocycles. The van der Waals surface area contributed by atoms with Crippen molar-refractivity contribution >= 4 is 0 Å². The molecule has 1 fully saturated rings. The molecule has 0 bridgehead atoms. The van der Waals surface area contributed by atoms with Crippen LogP contribution in [0, 0.1) is 0 Å². The quantitative estimate of drug-likeness (QED) is 0.379. The van der Waals surface area contributed by atoms with E-state index in [1.54, 1.807) is 0 Å². The molecule has 1 unspecified atom stereocenters. The van der Waals surface area contributed by atoms with Gasteiger partial charge in [-0.2, -0.15) is 5.48 Å². The number of benzene rings is 1. The van der Waals surface area contributed by atoms with E-state index in [0.29, 0.717) is 0 Å². The summed E-state index contributed by atoms with van der Waals surface area (Å²) >= 11 is 0. The SMILES string of the molecule is [H-].[Na+].c1ccc(C2NO2)cc1. The Bertz CT molecular complexity index is 203. The molecule has 1 heterocycles. The zero-order chi connectivity index (χ0) is 6.10. The van der Waals surface area contributed by atoms with Crippen LogP contribution in [0.4, 0.5) is 0 Å². The molecule has 1 N–H and O–H groups in total. The van der Waals surface area contributed by atoms with Crippen LogP contribution in [0.3, 0.4) is 0 Å². The van der Waals surface area contributed by atoms with Gasteiger partial charge >= 0.3 is 29.6 Å². The van der Waals surface area contributed by atoms with E-state index in [2.05, 4.69) is 5.48 Å². The standard InChI is InChI=1S/C7H7NO.Na.H/c1-2-4-6(5-3-1)7-8-9-7;;/h1-5,7-8H;;/q;+1;-1. The summed E-state index contributed by atoms with van der Waals surface area (Å²) in [4.78, 5) is 4.84. The summed E-state index contributed by atoms with van der Waals surface area (Å²) in [6.45, 7) is 0. The van der Waals surface area contributed by atoms with E-state index in [-0.39, 0.29) is 37.2 Å². The first-order chi connectivity index (χ1) is 4.47. The summed E-state index contributed by atoms with van der Waals surface area (Å²) in [6.07, 6.45) is 0.159. The fourth-order valence-electron chi connectivity index (χ4n) is 0.798. The molecule has 1 saturated heterocycles. The maximum absolute atomic E-state index is 4.84. The number of rotatable bonds is 1. The first kappa shape index (κ1) is 8.24. The molecule has 0 radical (unpaired) electrons. The third-order valence-corrected chi connectivity index (χ3v) is 1.34. The summed E-state index contributed by atoms with van der Waals surface area (Å²) in [7, 11) is 0. The summed E-state index contributed by atoms with van der Waals surface area (Å²) in [6, 6.07) is 10.1. The van der Waals surface area contributed by atoms with Crippen LogP contribution in [-0.2, 0) is 4.84 Å². The zero-order valence-electron chi connectivity index (χ0n) is 6.87. The molecule has 3 heteroatoms. The second-order valence-corrected chi connectivity index (χ2v) is 2.03. The molecule has 1 atom stereocenters. The van der Waals surface area contributed by atoms with Gasteiger partial charge in [0.05, 0.1) is 0 Å². The van der Waals surface area contributed by atoms with Gasteiger partial charge in [0.2, 0.25) is 0 Å². The van der Waals surface area contributed by atoms with Gasteiger partial charge in [-0.3, -0.25) is 4.84 Å². The number of nitrogens with one attached hydrogen (secondary N) is 1. The Balaban J connectivity index is 0.000000500. The van der Waals surface area contributed by atoms with Crippen molar-refractivity contribution in [2.75, 3.05) is 0 Å². The van der Waals surface area contributed by atoms with Crippen LogP contribution in [0.15, 0.2) is 30.3 Å². The minimum absolute atomic E-state index is 0. The van der Waals surface area contributed by atoms with Crippen LogP contribution < -0.4 is 35.0 Å². The smallest absolute Gasteiger partial charge is 1.00 e. The summed E-state index contributed by atoms with van der Waals surface area (Å²) in [5.41, 5.74) is 3.94. The van der Waals surface area contributed by atoms with Crippen LogP contribution in [0.25, 0.3) is 0 Å². The van der Waals surface area contributed by atoms with Crippen LogP contribution in [0.2, 0.25) is 0 Å². The predicted octanol–water partition coefficient (Wildman–Crippen LogP) is -1.66. The molecule has 0 saturated carbocycles. The summed E-state index contributed by atoms with van der Waals surface area (Å²) < 4.78 is 0. The largest absolute Gasteiger partial charge is 1.00 e. The van der Waals surface area contributed by atoms with E-state index < -0.39 is 0 Å². The van der Waals surface area contributed by atoms with E-state index in [1.807, 2.05) is 30.3 Å². The van der Waals surface area contributed by atoms with E-state index >= 15 is 0 Å². The van der Waals surface area contributed by atoms with E-state index in [4.69, 9.17) is 4.84 Å². The van der Waals surface area contributed by atoms with Crippen molar-refractivity contribution in [1.29, 1.82) is 0 Å². The maximum atomic E-state index is 4.84. The summed E-state index contributed by atoms with van der Waals surface area (Å²) in [5, 5.41) is 0. The van der Waals surface area contributed by atoms with Crippen LogP contribution in [0.1, 0.15) is 13.2 Å². The van der Waals surface area contributed by atoms with Gasteiger partial charge in [-0.25, -0.2) is 0 Å². The Morgan fingerprint density at radius 2 is 1.90 bits per heavy atom. The Labute approximate surface area is 83.3 Å². The Morgan fingerprint density at radius 3 is 2.40 bits per heavy atom. The van der Waals surface area contributed by atoms with Gasteiger partial charge in [0.1, 0.15) is 0 Å². The zero-order valence-corrected chi connectivity index (χ0v) is 7.87. The molecule has 1 aromatic rings. The average molecular weight is 145 g/mol. The molecule has 1 aliphatic heterocycles. The number of hydrogen-bond donors (Lipinski definition) is 1. The fraction of sp³-hybridized carbons (Fsp3) is 0.143. The third kappa shape index (κ3) is 1.81. The predicted molar refractivity (Wildman–Crippen MR) is 34.5 cm³/mol. The van der Waals surface area contributed by atoms with Gasteiger partial charge in [0.15, 0.2) is 6.23 Å². The minimum atomic E-state index is 0. The normalized spacial score (nSPS) is 21.4. The molecular weight excluding hydrogens is 137 g/mol. The van der Waals surface area contributed by atoms with Gasteiger partial charge in [0, 0.05) is 0 Å². The molecule has 0 aliphatic carbocycles. The van der Waals surface area contributed by atoms with Gasteiger partial charge in [-0.15, -0.1) is 0 Å². The molecule has 2 nitrogen and oxygen atoms in total. The van der Waals surface area contributed by atoms with Gasteiger partial charge in [-0.1, -0.05) is 30.3 Å². The molecule has 1 aliphatic rings. The molecule has 48 valence electrons. The van der Waals surface area contributed by atoms with Crippen molar-refractivity contribution in [3.8, 4) is 0 Å². The molecule has 2 rings (SSSR count). The molecule has 0 aromatic heterocycles. The van der Waals surface area contributed by atoms with E-state index in [0.717, 1.165) is 0 Å².